The molecule has 0 spiro atoms. The highest BCUT2D eigenvalue weighted by Crippen LogP contribution is 2.10. The molecule has 1 amide bonds. The van der Waals surface area contributed by atoms with E-state index in [2.05, 4.69) is 11.2 Å². The molecule has 0 radical (unpaired) electrons. The number of ketones is 1. The molecule has 2 aromatic rings. The molecule has 0 unspecified atom stereocenters. The first-order valence-corrected chi connectivity index (χ1v) is 7.14. The molecule has 0 fully saturated rings. The Labute approximate surface area is 138 Å². The Hall–Kier alpha value is -3.20. The van der Waals surface area contributed by atoms with Gasteiger partial charge in [-0.25, -0.2) is 4.39 Å². The molecule has 0 aliphatic carbocycles. The number of Topliss-reactive ketones (excluding diaryl/α,β-unsaturated/α-hetero) is 1. The Kier molecular flexibility index (Phi) is 5.27. The van der Waals surface area contributed by atoms with Crippen LogP contribution in [0.1, 0.15) is 26.3 Å². The first kappa shape index (κ1) is 17.2. The van der Waals surface area contributed by atoms with Crippen LogP contribution < -0.4 is 10.9 Å². The van der Waals surface area contributed by atoms with Gasteiger partial charge >= 0.3 is 0 Å². The number of carbonyl (C=O) groups is 2. The van der Waals surface area contributed by atoms with Crippen LogP contribution in [0.15, 0.2) is 41.3 Å². The second kappa shape index (κ2) is 7.38. The maximum Gasteiger partial charge on any atom is 0.253 e. The molecule has 5 nitrogen and oxygen atoms in total. The summed E-state index contributed by atoms with van der Waals surface area (Å²) < 4.78 is 14.4. The van der Waals surface area contributed by atoms with E-state index >= 15 is 0 Å². The van der Waals surface area contributed by atoms with Crippen molar-refractivity contribution in [2.24, 2.45) is 0 Å². The molecule has 0 aliphatic rings. The van der Waals surface area contributed by atoms with Crippen molar-refractivity contribution < 1.29 is 14.0 Å². The largest absolute Gasteiger partial charge is 0.341 e. The summed E-state index contributed by atoms with van der Waals surface area (Å²) in [5.74, 6) is 1.07. The van der Waals surface area contributed by atoms with E-state index in [4.69, 9.17) is 6.42 Å². The number of benzene rings is 1. The lowest BCUT2D eigenvalue weighted by Gasteiger charge is -2.08. The Bertz CT molecular complexity index is 894. The minimum Gasteiger partial charge on any atom is -0.341 e. The maximum absolute atomic E-state index is 13.3. The summed E-state index contributed by atoms with van der Waals surface area (Å²) in [6.45, 7) is 1.36. The molecule has 24 heavy (non-hydrogen) atoms. The van der Waals surface area contributed by atoms with Gasteiger partial charge < -0.3 is 9.88 Å². The predicted molar refractivity (Wildman–Crippen MR) is 87.3 cm³/mol. The summed E-state index contributed by atoms with van der Waals surface area (Å²) in [5, 5.41) is 2.48. The van der Waals surface area contributed by atoms with E-state index in [0.717, 1.165) is 4.57 Å². The highest BCUT2D eigenvalue weighted by atomic mass is 19.1. The van der Waals surface area contributed by atoms with Gasteiger partial charge in [0.25, 0.3) is 11.5 Å². The molecule has 1 heterocycles. The summed E-state index contributed by atoms with van der Waals surface area (Å²) in [7, 11) is 0. The number of hydrogen-bond donors (Lipinski definition) is 1. The topological polar surface area (TPSA) is 68.2 Å². The van der Waals surface area contributed by atoms with Gasteiger partial charge in [0, 0.05) is 17.8 Å². The average Bonchev–Trinajstić information content (AvgIpc) is 2.57. The molecule has 0 saturated carbocycles. The van der Waals surface area contributed by atoms with Crippen molar-refractivity contribution in [1.82, 2.24) is 9.88 Å². The zero-order valence-electron chi connectivity index (χ0n) is 13.0. The fraction of sp³-hybridized carbons (Fsp3) is 0.167. The minimum absolute atomic E-state index is 0.0613. The van der Waals surface area contributed by atoms with Crippen LogP contribution in [-0.2, 0) is 6.54 Å². The molecule has 2 rings (SSSR count). The molecule has 1 aromatic carbocycles. The third kappa shape index (κ3) is 3.96. The predicted octanol–water partition coefficient (Wildman–Crippen LogP) is 1.54. The number of nitrogens with zero attached hydrogens (tertiary/aromatic N) is 1. The summed E-state index contributed by atoms with van der Waals surface area (Å²) in [6.07, 6.45) is 6.36. The zero-order valence-corrected chi connectivity index (χ0v) is 13.0. The van der Waals surface area contributed by atoms with Gasteiger partial charge in [0.15, 0.2) is 5.78 Å². The van der Waals surface area contributed by atoms with E-state index in [-0.39, 0.29) is 24.4 Å². The molecule has 1 aromatic heterocycles. The molecule has 0 atom stereocenters. The van der Waals surface area contributed by atoms with Gasteiger partial charge in [-0.1, -0.05) is 5.92 Å². The highest BCUT2D eigenvalue weighted by Gasteiger charge is 2.12. The van der Waals surface area contributed by atoms with Crippen molar-refractivity contribution in [2.45, 2.75) is 13.5 Å². The fourth-order valence-corrected chi connectivity index (χ4v) is 2.09. The molecule has 0 saturated heterocycles. The number of hydrogen-bond acceptors (Lipinski definition) is 3. The second-order valence-corrected chi connectivity index (χ2v) is 5.16. The Morgan fingerprint density at radius 2 is 1.96 bits per heavy atom. The van der Waals surface area contributed by atoms with Crippen LogP contribution in [0.4, 0.5) is 4.39 Å². The highest BCUT2D eigenvalue weighted by molar-refractivity contribution is 5.96. The van der Waals surface area contributed by atoms with Gasteiger partial charge in [0.1, 0.15) is 5.82 Å². The van der Waals surface area contributed by atoms with Crippen molar-refractivity contribution >= 4 is 11.7 Å². The van der Waals surface area contributed by atoms with Gasteiger partial charge in [-0.15, -0.1) is 6.42 Å². The molecule has 122 valence electrons. The first-order valence-electron chi connectivity index (χ1n) is 7.14. The van der Waals surface area contributed by atoms with E-state index in [0.29, 0.717) is 11.1 Å². The van der Waals surface area contributed by atoms with Gasteiger partial charge in [-0.2, -0.15) is 0 Å². The van der Waals surface area contributed by atoms with Gasteiger partial charge in [-0.3, -0.25) is 14.4 Å². The number of amides is 1. The third-order valence-electron chi connectivity index (χ3n) is 3.39. The van der Waals surface area contributed by atoms with E-state index in [1.807, 2.05) is 0 Å². The Morgan fingerprint density at radius 3 is 2.62 bits per heavy atom. The van der Waals surface area contributed by atoms with Gasteiger partial charge in [0.05, 0.1) is 18.7 Å². The lowest BCUT2D eigenvalue weighted by Crippen LogP contribution is -2.28. The number of nitrogens with one attached hydrogen (secondary N) is 1. The summed E-state index contributed by atoms with van der Waals surface area (Å²) in [4.78, 5) is 36.0. The molecule has 6 heteroatoms. The van der Waals surface area contributed by atoms with Crippen LogP contribution in [0.25, 0.3) is 0 Å². The van der Waals surface area contributed by atoms with E-state index in [1.165, 1.54) is 36.5 Å². The number of aryl methyl sites for hydroxylation is 1. The number of carbonyl (C=O) groups excluding carboxylic acids is 2. The summed E-state index contributed by atoms with van der Waals surface area (Å²) >= 11 is 0. The van der Waals surface area contributed by atoms with Crippen molar-refractivity contribution in [2.75, 3.05) is 6.54 Å². The summed E-state index contributed by atoms with van der Waals surface area (Å²) in [5.41, 5.74) is 0.433. The van der Waals surface area contributed by atoms with E-state index < -0.39 is 17.3 Å². The number of terminal acetylenes is 1. The van der Waals surface area contributed by atoms with Crippen molar-refractivity contribution in [3.8, 4) is 12.3 Å². The van der Waals surface area contributed by atoms with Crippen molar-refractivity contribution in [3.05, 3.63) is 69.4 Å². The van der Waals surface area contributed by atoms with Crippen LogP contribution in [0.3, 0.4) is 0 Å². The molecule has 1 N–H and O–H groups in total. The third-order valence-corrected chi connectivity index (χ3v) is 3.39. The lowest BCUT2D eigenvalue weighted by atomic mass is 10.1. The van der Waals surface area contributed by atoms with Crippen molar-refractivity contribution in [3.63, 3.8) is 0 Å². The number of halogens is 1. The Balaban J connectivity index is 2.24. The number of aromatic nitrogens is 1. The smallest absolute Gasteiger partial charge is 0.253 e. The molecular weight excluding hydrogens is 311 g/mol. The van der Waals surface area contributed by atoms with Crippen molar-refractivity contribution in [1.29, 1.82) is 0 Å². The quantitative estimate of drug-likeness (QED) is 0.669. The standard InChI is InChI=1S/C18H15FN2O3/c1-3-8-20-18(24)14-5-7-17(23)21(10-14)11-16(22)13-4-6-15(19)12(2)9-13/h1,4-7,9-10H,8,11H2,2H3,(H,20,24). The normalized spacial score (nSPS) is 10.0. The minimum atomic E-state index is -0.438. The van der Waals surface area contributed by atoms with Crippen LogP contribution in [-0.4, -0.2) is 22.8 Å². The number of pyridine rings is 1. The Morgan fingerprint density at radius 1 is 1.25 bits per heavy atom. The first-order chi connectivity index (χ1) is 11.4. The molecule has 0 aliphatic heterocycles. The molecule has 0 bridgehead atoms. The van der Waals surface area contributed by atoms with E-state index in [9.17, 15) is 18.8 Å². The number of rotatable bonds is 5. The van der Waals surface area contributed by atoms with Crippen LogP contribution in [0, 0.1) is 25.1 Å². The van der Waals surface area contributed by atoms with Crippen LogP contribution in [0.2, 0.25) is 0 Å². The monoisotopic (exact) mass is 326 g/mol. The van der Waals surface area contributed by atoms with E-state index in [1.54, 1.807) is 6.92 Å². The average molecular weight is 326 g/mol. The SMILES string of the molecule is C#CCNC(=O)c1ccc(=O)n(CC(=O)c2ccc(F)c(C)c2)c1. The summed E-state index contributed by atoms with van der Waals surface area (Å²) in [6, 6.07) is 6.55. The lowest BCUT2D eigenvalue weighted by molar-refractivity contribution is 0.0947. The van der Waals surface area contributed by atoms with Gasteiger partial charge in [0.2, 0.25) is 0 Å². The second-order valence-electron chi connectivity index (χ2n) is 5.16. The van der Waals surface area contributed by atoms with Crippen LogP contribution in [0.5, 0.6) is 0 Å². The fourth-order valence-electron chi connectivity index (χ4n) is 2.09. The van der Waals surface area contributed by atoms with Crippen LogP contribution >= 0.6 is 0 Å². The maximum atomic E-state index is 13.3. The van der Waals surface area contributed by atoms with Gasteiger partial charge in [-0.05, 0) is 36.8 Å². The molecular formula is C18H15FN2O3. The zero-order chi connectivity index (χ0) is 17.7.